The minimum absolute atomic E-state index is 0.724. The molecule has 0 unspecified atom stereocenters. The molecule has 0 aromatic heterocycles. The Hall–Kier alpha value is -0.300. The SMILES string of the molecule is C=CCOCC1CCC(C2CCC(CCCC)CC2)CC1. The van der Waals surface area contributed by atoms with E-state index < -0.39 is 0 Å². The molecule has 122 valence electrons. The largest absolute Gasteiger partial charge is 0.377 e. The molecule has 21 heavy (non-hydrogen) atoms. The lowest BCUT2D eigenvalue weighted by Gasteiger charge is -2.37. The summed E-state index contributed by atoms with van der Waals surface area (Å²) in [6, 6.07) is 0. The predicted octanol–water partition coefficient (Wildman–Crippen LogP) is 5.99. The molecule has 0 radical (unpaired) electrons. The van der Waals surface area contributed by atoms with E-state index in [1.165, 1.54) is 70.6 Å². The third-order valence-corrected chi connectivity index (χ3v) is 6.00. The fourth-order valence-corrected chi connectivity index (χ4v) is 4.59. The summed E-state index contributed by atoms with van der Waals surface area (Å²) in [6.07, 6.45) is 18.0. The molecular weight excluding hydrogens is 256 g/mol. The highest BCUT2D eigenvalue weighted by molar-refractivity contribution is 4.82. The average Bonchev–Trinajstić information content (AvgIpc) is 2.54. The van der Waals surface area contributed by atoms with Gasteiger partial charge < -0.3 is 4.74 Å². The molecule has 0 N–H and O–H groups in total. The highest BCUT2D eigenvalue weighted by Gasteiger charge is 2.30. The summed E-state index contributed by atoms with van der Waals surface area (Å²) in [7, 11) is 0. The van der Waals surface area contributed by atoms with Gasteiger partial charge in [-0.2, -0.15) is 0 Å². The lowest BCUT2D eigenvalue weighted by atomic mass is 9.69. The summed E-state index contributed by atoms with van der Waals surface area (Å²) in [5.41, 5.74) is 0. The van der Waals surface area contributed by atoms with Gasteiger partial charge in [0.05, 0.1) is 6.61 Å². The van der Waals surface area contributed by atoms with Crippen molar-refractivity contribution in [2.24, 2.45) is 23.7 Å². The van der Waals surface area contributed by atoms with E-state index in [0.717, 1.165) is 36.9 Å². The highest BCUT2D eigenvalue weighted by atomic mass is 16.5. The van der Waals surface area contributed by atoms with Crippen molar-refractivity contribution in [3.05, 3.63) is 12.7 Å². The van der Waals surface area contributed by atoms with Gasteiger partial charge in [0.2, 0.25) is 0 Å². The molecule has 0 amide bonds. The van der Waals surface area contributed by atoms with Crippen LogP contribution in [0.15, 0.2) is 12.7 Å². The van der Waals surface area contributed by atoms with E-state index in [0.29, 0.717) is 0 Å². The molecule has 0 saturated heterocycles. The Labute approximate surface area is 132 Å². The second-order valence-electron chi connectivity index (χ2n) is 7.53. The van der Waals surface area contributed by atoms with Crippen molar-refractivity contribution in [1.29, 1.82) is 0 Å². The molecule has 0 aromatic rings. The molecule has 2 rings (SSSR count). The third kappa shape index (κ3) is 5.77. The van der Waals surface area contributed by atoms with Crippen LogP contribution < -0.4 is 0 Å². The summed E-state index contributed by atoms with van der Waals surface area (Å²) in [6.45, 7) is 7.72. The van der Waals surface area contributed by atoms with Crippen LogP contribution in [-0.4, -0.2) is 13.2 Å². The molecule has 0 bridgehead atoms. The third-order valence-electron chi connectivity index (χ3n) is 6.00. The van der Waals surface area contributed by atoms with Gasteiger partial charge in [-0.1, -0.05) is 45.1 Å². The normalized spacial score (nSPS) is 33.8. The van der Waals surface area contributed by atoms with E-state index >= 15 is 0 Å². The molecule has 0 aliphatic heterocycles. The van der Waals surface area contributed by atoms with Gasteiger partial charge in [-0.05, 0) is 62.2 Å². The Kier molecular flexibility index (Phi) is 7.85. The van der Waals surface area contributed by atoms with Gasteiger partial charge in [0.15, 0.2) is 0 Å². The van der Waals surface area contributed by atoms with E-state index in [4.69, 9.17) is 4.74 Å². The lowest BCUT2D eigenvalue weighted by Crippen LogP contribution is -2.27. The first-order valence-electron chi connectivity index (χ1n) is 9.52. The average molecular weight is 293 g/mol. The number of unbranched alkanes of at least 4 members (excludes halogenated alkanes) is 1. The van der Waals surface area contributed by atoms with Crippen LogP contribution in [0, 0.1) is 23.7 Å². The lowest BCUT2D eigenvalue weighted by molar-refractivity contribution is 0.0780. The van der Waals surface area contributed by atoms with Gasteiger partial charge >= 0.3 is 0 Å². The molecule has 0 heterocycles. The summed E-state index contributed by atoms with van der Waals surface area (Å²) < 4.78 is 5.64. The van der Waals surface area contributed by atoms with Crippen LogP contribution in [0.2, 0.25) is 0 Å². The minimum Gasteiger partial charge on any atom is -0.377 e. The van der Waals surface area contributed by atoms with Crippen LogP contribution in [0.3, 0.4) is 0 Å². The van der Waals surface area contributed by atoms with Crippen LogP contribution in [-0.2, 0) is 4.74 Å². The van der Waals surface area contributed by atoms with E-state index in [2.05, 4.69) is 13.5 Å². The molecule has 2 aliphatic rings. The van der Waals surface area contributed by atoms with E-state index in [1.807, 2.05) is 6.08 Å². The number of rotatable bonds is 8. The molecule has 2 saturated carbocycles. The van der Waals surface area contributed by atoms with Gasteiger partial charge in [0.25, 0.3) is 0 Å². The van der Waals surface area contributed by atoms with Crippen LogP contribution >= 0.6 is 0 Å². The van der Waals surface area contributed by atoms with E-state index in [1.54, 1.807) is 0 Å². The van der Waals surface area contributed by atoms with Gasteiger partial charge in [-0.3, -0.25) is 0 Å². The van der Waals surface area contributed by atoms with Crippen LogP contribution in [0.5, 0.6) is 0 Å². The number of hydrogen-bond acceptors (Lipinski definition) is 1. The van der Waals surface area contributed by atoms with Crippen molar-refractivity contribution < 1.29 is 4.74 Å². The predicted molar refractivity (Wildman–Crippen MR) is 91.4 cm³/mol. The Bertz CT molecular complexity index is 270. The Balaban J connectivity index is 1.61. The van der Waals surface area contributed by atoms with Crippen molar-refractivity contribution in [3.8, 4) is 0 Å². The van der Waals surface area contributed by atoms with Gasteiger partial charge in [-0.15, -0.1) is 6.58 Å². The summed E-state index contributed by atoms with van der Waals surface area (Å²) in [4.78, 5) is 0. The molecule has 1 nitrogen and oxygen atoms in total. The summed E-state index contributed by atoms with van der Waals surface area (Å²) in [5.74, 6) is 3.97. The molecule has 2 aliphatic carbocycles. The molecule has 2 fully saturated rings. The fourth-order valence-electron chi connectivity index (χ4n) is 4.59. The zero-order chi connectivity index (χ0) is 14.9. The summed E-state index contributed by atoms with van der Waals surface area (Å²) >= 11 is 0. The minimum atomic E-state index is 0.724. The first kappa shape index (κ1) is 17.1. The molecule has 0 aromatic carbocycles. The van der Waals surface area contributed by atoms with Crippen LogP contribution in [0.1, 0.15) is 77.6 Å². The molecule has 0 spiro atoms. The first-order chi connectivity index (χ1) is 10.3. The Morgan fingerprint density at radius 1 is 0.905 bits per heavy atom. The van der Waals surface area contributed by atoms with Crippen LogP contribution in [0.25, 0.3) is 0 Å². The zero-order valence-corrected chi connectivity index (χ0v) is 14.2. The van der Waals surface area contributed by atoms with Crippen LogP contribution in [0.4, 0.5) is 0 Å². The van der Waals surface area contributed by atoms with Crippen molar-refractivity contribution in [2.75, 3.05) is 13.2 Å². The number of ether oxygens (including phenoxy) is 1. The maximum absolute atomic E-state index is 5.64. The Morgan fingerprint density at radius 2 is 1.48 bits per heavy atom. The maximum atomic E-state index is 5.64. The molecule has 0 atom stereocenters. The van der Waals surface area contributed by atoms with Crippen molar-refractivity contribution >= 4 is 0 Å². The number of hydrogen-bond donors (Lipinski definition) is 0. The smallest absolute Gasteiger partial charge is 0.0644 e. The zero-order valence-electron chi connectivity index (χ0n) is 14.2. The van der Waals surface area contributed by atoms with Gasteiger partial charge in [-0.25, -0.2) is 0 Å². The monoisotopic (exact) mass is 292 g/mol. The standard InChI is InChI=1S/C20H36O/c1-3-5-6-17-7-11-19(12-8-17)20-13-9-18(10-14-20)16-21-15-4-2/h4,17-20H,2-3,5-16H2,1H3. The summed E-state index contributed by atoms with van der Waals surface area (Å²) in [5, 5.41) is 0. The maximum Gasteiger partial charge on any atom is 0.0644 e. The second-order valence-corrected chi connectivity index (χ2v) is 7.53. The first-order valence-corrected chi connectivity index (χ1v) is 9.52. The Morgan fingerprint density at radius 3 is 2.00 bits per heavy atom. The fraction of sp³-hybridized carbons (Fsp3) is 0.900. The molecular formula is C20H36O. The van der Waals surface area contributed by atoms with Crippen molar-refractivity contribution in [2.45, 2.75) is 77.6 Å². The van der Waals surface area contributed by atoms with Crippen molar-refractivity contribution in [1.82, 2.24) is 0 Å². The van der Waals surface area contributed by atoms with Crippen molar-refractivity contribution in [3.63, 3.8) is 0 Å². The topological polar surface area (TPSA) is 9.23 Å². The molecule has 1 heteroatoms. The van der Waals surface area contributed by atoms with E-state index in [-0.39, 0.29) is 0 Å². The quantitative estimate of drug-likeness (QED) is 0.394. The van der Waals surface area contributed by atoms with Gasteiger partial charge in [0, 0.05) is 6.61 Å². The van der Waals surface area contributed by atoms with E-state index in [9.17, 15) is 0 Å². The van der Waals surface area contributed by atoms with Gasteiger partial charge in [0.1, 0.15) is 0 Å². The second kappa shape index (κ2) is 9.66. The highest BCUT2D eigenvalue weighted by Crippen LogP contribution is 2.42.